The van der Waals surface area contributed by atoms with E-state index in [2.05, 4.69) is 10.6 Å². The number of rotatable bonds is 7. The molecule has 3 rings (SSSR count). The third-order valence-corrected chi connectivity index (χ3v) is 6.91. The quantitative estimate of drug-likeness (QED) is 0.428. The third kappa shape index (κ3) is 4.73. The van der Waals surface area contributed by atoms with Crippen molar-refractivity contribution in [3.63, 3.8) is 0 Å². The summed E-state index contributed by atoms with van der Waals surface area (Å²) >= 11 is 2.68. The molecule has 1 unspecified atom stereocenters. The largest absolute Gasteiger partial charge is 0.341 e. The number of nitrogens with one attached hydrogen (secondary N) is 2. The number of thioether (sulfide) groups is 1. The number of benzene rings is 1. The summed E-state index contributed by atoms with van der Waals surface area (Å²) in [4.78, 5) is 44.2. The topological polar surface area (TPSA) is 93.1 Å². The van der Waals surface area contributed by atoms with E-state index in [1.165, 1.54) is 30.1 Å². The monoisotopic (exact) mass is 444 g/mol. The van der Waals surface area contributed by atoms with Crippen molar-refractivity contribution >= 4 is 45.3 Å². The number of fused-ring (bicyclic) bond motifs is 1. The molecule has 2 heterocycles. The van der Waals surface area contributed by atoms with Gasteiger partial charge in [0.15, 0.2) is 5.16 Å². The molecule has 1 aromatic carbocycles. The normalized spacial score (nSPS) is 12.0. The number of carbonyl (C=O) groups excluding carboxylic acids is 2. The van der Waals surface area contributed by atoms with Crippen LogP contribution in [0.2, 0.25) is 0 Å². The first-order chi connectivity index (χ1) is 14.5. The van der Waals surface area contributed by atoms with Crippen molar-refractivity contribution in [1.29, 1.82) is 0 Å². The Bertz CT molecular complexity index is 1110. The fourth-order valence-electron chi connectivity index (χ4n) is 2.98. The number of carbonyl (C=O) groups is 2. The molecule has 3 aromatic rings. The average Bonchev–Trinajstić information content (AvgIpc) is 3.18. The number of thiophene rings is 1. The summed E-state index contributed by atoms with van der Waals surface area (Å²) < 4.78 is 1.63. The second-order valence-electron chi connectivity index (χ2n) is 6.61. The van der Waals surface area contributed by atoms with Crippen molar-refractivity contribution in [3.05, 3.63) is 57.2 Å². The van der Waals surface area contributed by atoms with E-state index < -0.39 is 17.2 Å². The Morgan fingerprint density at radius 1 is 1.23 bits per heavy atom. The lowest BCUT2D eigenvalue weighted by molar-refractivity contribution is -0.119. The molecule has 0 aliphatic carbocycles. The molecule has 2 aromatic heterocycles. The molecule has 0 fully saturated rings. The van der Waals surface area contributed by atoms with Gasteiger partial charge in [0, 0.05) is 18.5 Å². The Morgan fingerprint density at radius 3 is 2.60 bits per heavy atom. The van der Waals surface area contributed by atoms with Crippen LogP contribution in [0.3, 0.4) is 0 Å². The Balaban J connectivity index is 2.08. The van der Waals surface area contributed by atoms with Crippen LogP contribution in [0, 0.1) is 0 Å². The van der Waals surface area contributed by atoms with Crippen LogP contribution in [-0.2, 0) is 17.8 Å². The number of nitrogens with zero attached hydrogens (tertiary/aromatic N) is 2. The van der Waals surface area contributed by atoms with Gasteiger partial charge in [0.2, 0.25) is 5.91 Å². The smallest absolute Gasteiger partial charge is 0.321 e. The molecule has 1 atom stereocenters. The molecular weight excluding hydrogens is 420 g/mol. The molecule has 0 bridgehead atoms. The lowest BCUT2D eigenvalue weighted by Crippen LogP contribution is -2.39. The first-order valence-corrected chi connectivity index (χ1v) is 11.5. The van der Waals surface area contributed by atoms with Gasteiger partial charge in [-0.15, -0.1) is 11.3 Å². The molecule has 0 saturated heterocycles. The average molecular weight is 445 g/mol. The molecule has 3 amide bonds. The summed E-state index contributed by atoms with van der Waals surface area (Å²) in [5, 5.41) is 5.08. The van der Waals surface area contributed by atoms with Crippen LogP contribution in [0.1, 0.15) is 36.0 Å². The van der Waals surface area contributed by atoms with Crippen molar-refractivity contribution in [3.8, 4) is 0 Å². The second-order valence-corrected chi connectivity index (χ2v) is 8.80. The van der Waals surface area contributed by atoms with E-state index >= 15 is 0 Å². The molecule has 0 aliphatic rings. The van der Waals surface area contributed by atoms with Gasteiger partial charge < -0.3 is 5.32 Å². The van der Waals surface area contributed by atoms with Crippen LogP contribution in [0.25, 0.3) is 10.2 Å². The summed E-state index contributed by atoms with van der Waals surface area (Å²) in [6, 6.07) is 10.5. The predicted molar refractivity (Wildman–Crippen MR) is 121 cm³/mol. The lowest BCUT2D eigenvalue weighted by atomic mass is 10.1. The minimum Gasteiger partial charge on any atom is -0.341 e. The van der Waals surface area contributed by atoms with Gasteiger partial charge in [-0.25, -0.2) is 9.78 Å². The number of amides is 3. The fraction of sp³-hybridized carbons (Fsp3) is 0.333. The molecule has 158 valence electrons. The predicted octanol–water partition coefficient (Wildman–Crippen LogP) is 3.72. The van der Waals surface area contributed by atoms with Crippen molar-refractivity contribution in [2.75, 3.05) is 7.05 Å². The maximum atomic E-state index is 13.1. The zero-order chi connectivity index (χ0) is 21.7. The summed E-state index contributed by atoms with van der Waals surface area (Å²) in [5.74, 6) is -0.469. The van der Waals surface area contributed by atoms with Crippen LogP contribution < -0.4 is 16.2 Å². The van der Waals surface area contributed by atoms with Gasteiger partial charge in [-0.1, -0.05) is 55.9 Å². The maximum absolute atomic E-state index is 13.1. The molecule has 2 N–H and O–H groups in total. The van der Waals surface area contributed by atoms with E-state index in [0.29, 0.717) is 21.9 Å². The molecule has 0 spiro atoms. The van der Waals surface area contributed by atoms with Gasteiger partial charge in [0.25, 0.3) is 5.56 Å². The number of hydrogen-bond donors (Lipinski definition) is 2. The Morgan fingerprint density at radius 2 is 1.97 bits per heavy atom. The van der Waals surface area contributed by atoms with Crippen LogP contribution >= 0.6 is 23.1 Å². The molecule has 7 nitrogen and oxygen atoms in total. The van der Waals surface area contributed by atoms with Gasteiger partial charge in [0.1, 0.15) is 10.1 Å². The Kier molecular flexibility index (Phi) is 7.28. The van der Waals surface area contributed by atoms with Crippen molar-refractivity contribution in [2.24, 2.45) is 0 Å². The Hall–Kier alpha value is -2.65. The van der Waals surface area contributed by atoms with Crippen molar-refractivity contribution < 1.29 is 9.59 Å². The highest BCUT2D eigenvalue weighted by atomic mass is 32.2. The lowest BCUT2D eigenvalue weighted by Gasteiger charge is -2.18. The van der Waals surface area contributed by atoms with Gasteiger partial charge in [0.05, 0.1) is 5.39 Å². The summed E-state index contributed by atoms with van der Waals surface area (Å²) in [6.07, 6.45) is 1.59. The van der Waals surface area contributed by atoms with Gasteiger partial charge >= 0.3 is 6.03 Å². The van der Waals surface area contributed by atoms with E-state index in [-0.39, 0.29) is 5.56 Å². The second kappa shape index (κ2) is 9.90. The highest BCUT2D eigenvalue weighted by molar-refractivity contribution is 8.00. The zero-order valence-corrected chi connectivity index (χ0v) is 18.7. The molecule has 0 aliphatic heterocycles. The first kappa shape index (κ1) is 22.0. The van der Waals surface area contributed by atoms with Crippen molar-refractivity contribution in [1.82, 2.24) is 20.2 Å². The minimum atomic E-state index is -0.735. The zero-order valence-electron chi connectivity index (χ0n) is 17.1. The molecule has 0 radical (unpaired) electrons. The molecule has 30 heavy (non-hydrogen) atoms. The highest BCUT2D eigenvalue weighted by Gasteiger charge is 2.26. The summed E-state index contributed by atoms with van der Waals surface area (Å²) in [5.41, 5.74) is 0.626. The number of aromatic nitrogens is 2. The minimum absolute atomic E-state index is 0.0983. The standard InChI is InChI=1S/C21H24N4O3S2/c1-4-11-25-19(27)15-12-14(5-2)29-18(15)24-21(25)30-16(13-9-7-6-8-10-13)17(26)23-20(28)22-3/h6-10,12,16H,4-5,11H2,1-3H3,(H2,22,23,26,28). The van der Waals surface area contributed by atoms with Crippen LogP contribution in [0.4, 0.5) is 4.79 Å². The fourth-order valence-corrected chi connectivity index (χ4v) is 5.11. The Labute approximate surface area is 182 Å². The van der Waals surface area contributed by atoms with Gasteiger partial charge in [-0.05, 0) is 24.5 Å². The number of aryl methyl sites for hydroxylation is 1. The van der Waals surface area contributed by atoms with E-state index in [9.17, 15) is 14.4 Å². The third-order valence-electron chi connectivity index (χ3n) is 4.49. The number of imide groups is 1. The van der Waals surface area contributed by atoms with E-state index in [1.807, 2.05) is 50.2 Å². The maximum Gasteiger partial charge on any atom is 0.321 e. The molecule has 9 heteroatoms. The summed E-state index contributed by atoms with van der Waals surface area (Å²) in [6.45, 7) is 4.53. The van der Waals surface area contributed by atoms with Crippen molar-refractivity contribution in [2.45, 2.75) is 43.6 Å². The van der Waals surface area contributed by atoms with Crippen LogP contribution in [-0.4, -0.2) is 28.5 Å². The SMILES string of the molecule is CCCn1c(SC(C(=O)NC(=O)NC)c2ccccc2)nc2sc(CC)cc2c1=O. The molecule has 0 saturated carbocycles. The number of hydrogen-bond acceptors (Lipinski definition) is 6. The molecular formula is C21H24N4O3S2. The van der Waals surface area contributed by atoms with E-state index in [1.54, 1.807) is 4.57 Å². The summed E-state index contributed by atoms with van der Waals surface area (Å²) in [7, 11) is 1.45. The van der Waals surface area contributed by atoms with Crippen LogP contribution in [0.5, 0.6) is 0 Å². The first-order valence-electron chi connectivity index (χ1n) is 9.75. The van der Waals surface area contributed by atoms with E-state index in [4.69, 9.17) is 4.98 Å². The highest BCUT2D eigenvalue weighted by Crippen LogP contribution is 2.35. The van der Waals surface area contributed by atoms with Gasteiger partial charge in [-0.3, -0.25) is 19.5 Å². The van der Waals surface area contributed by atoms with E-state index in [0.717, 1.165) is 23.3 Å². The van der Waals surface area contributed by atoms with Crippen LogP contribution in [0.15, 0.2) is 46.3 Å². The number of urea groups is 1. The van der Waals surface area contributed by atoms with Gasteiger partial charge in [-0.2, -0.15) is 0 Å².